The molecule has 1 aromatic carbocycles. The number of hydrogen-bond acceptors (Lipinski definition) is 4. The standard InChI is InChI=1S/C19H28O4/c1-21-16-23-19-17(13-11-14-18(19)22-2)12-9-7-5-3-4-6-8-10-15-20/h11,13-14,20H,3-8,10,15-16H2,1-2H3. The van der Waals surface area contributed by atoms with Gasteiger partial charge >= 0.3 is 0 Å². The second-order valence-electron chi connectivity index (χ2n) is 5.28. The summed E-state index contributed by atoms with van der Waals surface area (Å²) >= 11 is 0. The Kier molecular flexibility index (Phi) is 10.8. The van der Waals surface area contributed by atoms with Gasteiger partial charge < -0.3 is 19.3 Å². The van der Waals surface area contributed by atoms with Crippen LogP contribution in [0.3, 0.4) is 0 Å². The van der Waals surface area contributed by atoms with Crippen LogP contribution in [-0.4, -0.2) is 32.7 Å². The molecule has 0 saturated carbocycles. The molecule has 0 unspecified atom stereocenters. The third kappa shape index (κ3) is 7.92. The van der Waals surface area contributed by atoms with Crippen molar-refractivity contribution in [2.75, 3.05) is 27.6 Å². The van der Waals surface area contributed by atoms with Crippen LogP contribution >= 0.6 is 0 Å². The molecular weight excluding hydrogens is 292 g/mol. The minimum atomic E-state index is 0.170. The highest BCUT2D eigenvalue weighted by Gasteiger charge is 2.08. The smallest absolute Gasteiger partial charge is 0.188 e. The summed E-state index contributed by atoms with van der Waals surface area (Å²) in [5.74, 6) is 7.67. The highest BCUT2D eigenvalue weighted by Crippen LogP contribution is 2.30. The second kappa shape index (κ2) is 12.8. The van der Waals surface area contributed by atoms with Gasteiger partial charge in [-0.1, -0.05) is 43.6 Å². The van der Waals surface area contributed by atoms with E-state index in [0.29, 0.717) is 18.1 Å². The minimum Gasteiger partial charge on any atom is -0.493 e. The normalized spacial score (nSPS) is 10.0. The van der Waals surface area contributed by atoms with E-state index in [0.717, 1.165) is 31.2 Å². The molecule has 1 rings (SSSR count). The number of hydrogen-bond donors (Lipinski definition) is 1. The van der Waals surface area contributed by atoms with E-state index in [1.807, 2.05) is 18.2 Å². The Hall–Kier alpha value is -1.70. The molecule has 0 aliphatic rings. The molecule has 0 saturated heterocycles. The lowest BCUT2D eigenvalue weighted by molar-refractivity contribution is 0.0489. The monoisotopic (exact) mass is 320 g/mol. The van der Waals surface area contributed by atoms with Gasteiger partial charge in [0.15, 0.2) is 18.3 Å². The molecule has 4 heteroatoms. The van der Waals surface area contributed by atoms with Crippen molar-refractivity contribution in [3.05, 3.63) is 23.8 Å². The molecule has 0 aliphatic carbocycles. The van der Waals surface area contributed by atoms with Gasteiger partial charge in [0.2, 0.25) is 0 Å². The van der Waals surface area contributed by atoms with Gasteiger partial charge in [0.1, 0.15) is 0 Å². The molecule has 23 heavy (non-hydrogen) atoms. The summed E-state index contributed by atoms with van der Waals surface area (Å²) in [4.78, 5) is 0. The fraction of sp³-hybridized carbons (Fsp3) is 0.579. The van der Waals surface area contributed by atoms with Crippen molar-refractivity contribution in [2.24, 2.45) is 0 Å². The van der Waals surface area contributed by atoms with Crippen LogP contribution in [0.4, 0.5) is 0 Å². The number of benzene rings is 1. The molecule has 1 aromatic rings. The number of unbranched alkanes of at least 4 members (excludes halogenated alkanes) is 6. The van der Waals surface area contributed by atoms with Gasteiger partial charge in [0, 0.05) is 20.1 Å². The summed E-state index contributed by atoms with van der Waals surface area (Å²) in [5.41, 5.74) is 0.823. The molecule has 0 heterocycles. The van der Waals surface area contributed by atoms with Crippen LogP contribution in [0.2, 0.25) is 0 Å². The summed E-state index contributed by atoms with van der Waals surface area (Å²) in [6.07, 6.45) is 7.60. The Balaban J connectivity index is 2.44. The number of ether oxygens (including phenoxy) is 3. The maximum Gasteiger partial charge on any atom is 0.188 e. The van der Waals surface area contributed by atoms with E-state index in [1.165, 1.54) is 19.3 Å². The molecule has 0 radical (unpaired) electrons. The highest BCUT2D eigenvalue weighted by atomic mass is 16.7. The average molecular weight is 320 g/mol. The summed E-state index contributed by atoms with van der Waals surface area (Å²) in [5, 5.41) is 8.72. The molecule has 0 atom stereocenters. The third-order valence-corrected chi connectivity index (χ3v) is 3.45. The van der Waals surface area contributed by atoms with Crippen molar-refractivity contribution in [1.82, 2.24) is 0 Å². The largest absolute Gasteiger partial charge is 0.493 e. The van der Waals surface area contributed by atoms with Crippen molar-refractivity contribution >= 4 is 0 Å². The maximum atomic E-state index is 8.72. The van der Waals surface area contributed by atoms with Crippen LogP contribution < -0.4 is 9.47 Å². The number of aliphatic hydroxyl groups excluding tert-OH is 1. The van der Waals surface area contributed by atoms with Gasteiger partial charge in [-0.05, 0) is 25.0 Å². The van der Waals surface area contributed by atoms with Crippen LogP contribution in [-0.2, 0) is 4.74 Å². The van der Waals surface area contributed by atoms with Crippen molar-refractivity contribution in [3.63, 3.8) is 0 Å². The van der Waals surface area contributed by atoms with Crippen LogP contribution in [0, 0.1) is 11.8 Å². The van der Waals surface area contributed by atoms with Crippen LogP contribution in [0.5, 0.6) is 11.5 Å². The summed E-state index contributed by atoms with van der Waals surface area (Å²) < 4.78 is 15.8. The summed E-state index contributed by atoms with van der Waals surface area (Å²) in [6.45, 7) is 0.475. The number of aliphatic hydroxyl groups is 1. The molecule has 0 aromatic heterocycles. The number of rotatable bonds is 11. The molecular formula is C19H28O4. The van der Waals surface area contributed by atoms with Gasteiger partial charge in [-0.15, -0.1) is 0 Å². The predicted molar refractivity (Wildman–Crippen MR) is 91.8 cm³/mol. The first-order valence-electron chi connectivity index (χ1n) is 8.22. The van der Waals surface area contributed by atoms with Crippen molar-refractivity contribution in [3.8, 4) is 23.3 Å². The van der Waals surface area contributed by atoms with Crippen molar-refractivity contribution in [2.45, 2.75) is 44.9 Å². The van der Waals surface area contributed by atoms with Gasteiger partial charge in [-0.2, -0.15) is 0 Å². The zero-order valence-electron chi connectivity index (χ0n) is 14.3. The Bertz CT molecular complexity index is 488. The van der Waals surface area contributed by atoms with E-state index in [-0.39, 0.29) is 6.79 Å². The zero-order valence-corrected chi connectivity index (χ0v) is 14.3. The quantitative estimate of drug-likeness (QED) is 0.383. The fourth-order valence-corrected chi connectivity index (χ4v) is 2.23. The molecule has 128 valence electrons. The SMILES string of the molecule is COCOc1c(C#CCCCCCCCCO)cccc1OC. The summed E-state index contributed by atoms with van der Waals surface area (Å²) in [7, 11) is 3.20. The Morgan fingerprint density at radius 2 is 1.74 bits per heavy atom. The second-order valence-corrected chi connectivity index (χ2v) is 5.28. The molecule has 0 amide bonds. The van der Waals surface area contributed by atoms with E-state index < -0.39 is 0 Å². The first kappa shape index (κ1) is 19.3. The van der Waals surface area contributed by atoms with Crippen LogP contribution in [0.1, 0.15) is 50.5 Å². The van der Waals surface area contributed by atoms with Gasteiger partial charge in [0.05, 0.1) is 12.7 Å². The highest BCUT2D eigenvalue weighted by molar-refractivity contribution is 5.54. The summed E-state index contributed by atoms with van der Waals surface area (Å²) in [6, 6.07) is 5.68. The molecule has 0 fully saturated rings. The zero-order chi connectivity index (χ0) is 16.8. The Labute approximate surface area is 139 Å². The van der Waals surface area contributed by atoms with E-state index in [9.17, 15) is 0 Å². The lowest BCUT2D eigenvalue weighted by Gasteiger charge is -2.11. The molecule has 0 aliphatic heterocycles. The fourth-order valence-electron chi connectivity index (χ4n) is 2.23. The van der Waals surface area contributed by atoms with E-state index in [1.54, 1.807) is 14.2 Å². The van der Waals surface area contributed by atoms with E-state index in [4.69, 9.17) is 19.3 Å². The molecule has 0 bridgehead atoms. The van der Waals surface area contributed by atoms with Crippen molar-refractivity contribution < 1.29 is 19.3 Å². The maximum absolute atomic E-state index is 8.72. The predicted octanol–water partition coefficient (Wildman–Crippen LogP) is 3.75. The van der Waals surface area contributed by atoms with E-state index >= 15 is 0 Å². The third-order valence-electron chi connectivity index (χ3n) is 3.45. The van der Waals surface area contributed by atoms with Gasteiger partial charge in [-0.25, -0.2) is 0 Å². The van der Waals surface area contributed by atoms with Crippen molar-refractivity contribution in [1.29, 1.82) is 0 Å². The molecule has 0 spiro atoms. The Morgan fingerprint density at radius 3 is 2.43 bits per heavy atom. The topological polar surface area (TPSA) is 47.9 Å². The number of methoxy groups -OCH3 is 2. The molecule has 4 nitrogen and oxygen atoms in total. The number of para-hydroxylation sites is 1. The lowest BCUT2D eigenvalue weighted by Crippen LogP contribution is -2.02. The lowest BCUT2D eigenvalue weighted by atomic mass is 10.1. The first-order valence-corrected chi connectivity index (χ1v) is 8.22. The van der Waals surface area contributed by atoms with Gasteiger partial charge in [0.25, 0.3) is 0 Å². The minimum absolute atomic E-state index is 0.170. The first-order chi connectivity index (χ1) is 11.3. The van der Waals surface area contributed by atoms with Gasteiger partial charge in [-0.3, -0.25) is 0 Å². The molecule has 1 N–H and O–H groups in total. The van der Waals surface area contributed by atoms with E-state index in [2.05, 4.69) is 11.8 Å². The van der Waals surface area contributed by atoms with Crippen LogP contribution in [0.15, 0.2) is 18.2 Å². The average Bonchev–Trinajstić information content (AvgIpc) is 2.58. The Morgan fingerprint density at radius 1 is 1.00 bits per heavy atom. The van der Waals surface area contributed by atoms with Crippen LogP contribution in [0.25, 0.3) is 0 Å².